The Morgan fingerprint density at radius 2 is 1.81 bits per heavy atom. The Hall–Kier alpha value is -2.47. The molecule has 1 N–H and O–H groups in total. The number of benzene rings is 2. The van der Waals surface area contributed by atoms with Crippen molar-refractivity contribution >= 4 is 11.6 Å². The monoisotopic (exact) mass is 372 g/mol. The molecule has 0 spiro atoms. The fourth-order valence-electron chi connectivity index (χ4n) is 3.90. The van der Waals surface area contributed by atoms with Crippen LogP contribution in [0.25, 0.3) is 0 Å². The molecule has 2 heterocycles. The van der Waals surface area contributed by atoms with Crippen LogP contribution in [0, 0.1) is 11.6 Å². The summed E-state index contributed by atoms with van der Waals surface area (Å²) in [7, 11) is 0. The normalized spacial score (nSPS) is 21.3. The third kappa shape index (κ3) is 3.95. The van der Waals surface area contributed by atoms with E-state index < -0.39 is 11.6 Å². The Balaban J connectivity index is 1.36. The molecule has 27 heavy (non-hydrogen) atoms. The number of rotatable bonds is 3. The molecule has 1 unspecified atom stereocenters. The van der Waals surface area contributed by atoms with Crippen molar-refractivity contribution in [1.29, 1.82) is 0 Å². The third-order valence-corrected chi connectivity index (χ3v) is 5.37. The molecule has 2 aromatic carbocycles. The molecule has 6 heteroatoms. The molecule has 142 valence electrons. The number of hydrogen-bond acceptors (Lipinski definition) is 3. The summed E-state index contributed by atoms with van der Waals surface area (Å²) in [5, 5.41) is 3.04. The van der Waals surface area contributed by atoms with Gasteiger partial charge in [-0.25, -0.2) is 8.78 Å². The molecule has 2 aliphatic rings. The lowest BCUT2D eigenvalue weighted by Crippen LogP contribution is -2.49. The fourth-order valence-corrected chi connectivity index (χ4v) is 3.90. The second-order valence-corrected chi connectivity index (χ2v) is 7.13. The molecule has 0 radical (unpaired) electrons. The van der Waals surface area contributed by atoms with Gasteiger partial charge in [-0.15, -0.1) is 0 Å². The average Bonchev–Trinajstić information content (AvgIpc) is 2.83. The maximum atomic E-state index is 13.8. The van der Waals surface area contributed by atoms with E-state index in [0.29, 0.717) is 25.9 Å². The number of carbonyl (C=O) groups is 1. The molecule has 1 fully saturated rings. The first-order valence-corrected chi connectivity index (χ1v) is 9.34. The lowest BCUT2D eigenvalue weighted by molar-refractivity contribution is -0.122. The number of nitrogens with zero attached hydrogens (tertiary/aromatic N) is 1. The van der Waals surface area contributed by atoms with E-state index in [-0.39, 0.29) is 23.8 Å². The standard InChI is InChI=1S/C21H22F2N2O2/c22-15-6-8-20(17(23)13-15)27-16-9-11-25(12-10-16)19-7-5-14-3-1-2-4-18(14)24-21(19)26/h1-4,6,8,13,16,19H,5,7,9-12H2,(H,24,26). The molecule has 2 aliphatic heterocycles. The van der Waals surface area contributed by atoms with Gasteiger partial charge in [0, 0.05) is 24.8 Å². The summed E-state index contributed by atoms with van der Waals surface area (Å²) < 4.78 is 32.5. The zero-order chi connectivity index (χ0) is 18.8. The SMILES string of the molecule is O=C1Nc2ccccc2CCC1N1CCC(Oc2ccc(F)cc2F)CC1. The molecule has 2 aromatic rings. The summed E-state index contributed by atoms with van der Waals surface area (Å²) in [6, 6.07) is 11.1. The van der Waals surface area contributed by atoms with Crippen LogP contribution in [0.3, 0.4) is 0 Å². The molecule has 4 rings (SSSR count). The highest BCUT2D eigenvalue weighted by Gasteiger charge is 2.32. The number of amides is 1. The van der Waals surface area contributed by atoms with Gasteiger partial charge in [0.2, 0.25) is 5.91 Å². The van der Waals surface area contributed by atoms with Crippen LogP contribution in [0.5, 0.6) is 5.75 Å². The molecule has 0 aromatic heterocycles. The number of nitrogens with one attached hydrogen (secondary N) is 1. The predicted molar refractivity (Wildman–Crippen MR) is 98.8 cm³/mol. The van der Waals surface area contributed by atoms with Crippen LogP contribution in [0.2, 0.25) is 0 Å². The van der Waals surface area contributed by atoms with Gasteiger partial charge in [-0.2, -0.15) is 0 Å². The van der Waals surface area contributed by atoms with E-state index in [0.717, 1.165) is 24.6 Å². The van der Waals surface area contributed by atoms with Crippen molar-refractivity contribution in [2.45, 2.75) is 37.8 Å². The summed E-state index contributed by atoms with van der Waals surface area (Å²) in [5.41, 5.74) is 2.06. The summed E-state index contributed by atoms with van der Waals surface area (Å²) in [6.45, 7) is 1.42. The molecular formula is C21H22F2N2O2. The van der Waals surface area contributed by atoms with Gasteiger partial charge < -0.3 is 10.1 Å². The molecule has 0 bridgehead atoms. The maximum absolute atomic E-state index is 13.8. The lowest BCUT2D eigenvalue weighted by Gasteiger charge is -2.36. The van der Waals surface area contributed by atoms with Crippen LogP contribution >= 0.6 is 0 Å². The number of halogens is 2. The average molecular weight is 372 g/mol. The van der Waals surface area contributed by atoms with Crippen LogP contribution < -0.4 is 10.1 Å². The van der Waals surface area contributed by atoms with Crippen molar-refractivity contribution in [2.75, 3.05) is 18.4 Å². The maximum Gasteiger partial charge on any atom is 0.241 e. The van der Waals surface area contributed by atoms with Crippen molar-refractivity contribution < 1.29 is 18.3 Å². The van der Waals surface area contributed by atoms with E-state index in [1.807, 2.05) is 18.2 Å². The number of anilines is 1. The van der Waals surface area contributed by atoms with Crippen molar-refractivity contribution in [3.63, 3.8) is 0 Å². The number of piperidine rings is 1. The number of likely N-dealkylation sites (tertiary alicyclic amines) is 1. The summed E-state index contributed by atoms with van der Waals surface area (Å²) >= 11 is 0. The van der Waals surface area contributed by atoms with Crippen LogP contribution in [0.1, 0.15) is 24.8 Å². The van der Waals surface area contributed by atoms with E-state index in [9.17, 15) is 13.6 Å². The Morgan fingerprint density at radius 1 is 1.04 bits per heavy atom. The predicted octanol–water partition coefficient (Wildman–Crippen LogP) is 3.76. The zero-order valence-corrected chi connectivity index (χ0v) is 15.0. The molecule has 1 saturated heterocycles. The number of hydrogen-bond donors (Lipinski definition) is 1. The molecule has 0 saturated carbocycles. The van der Waals surface area contributed by atoms with E-state index in [4.69, 9.17) is 4.74 Å². The van der Waals surface area contributed by atoms with E-state index >= 15 is 0 Å². The highest BCUT2D eigenvalue weighted by atomic mass is 19.1. The van der Waals surface area contributed by atoms with Crippen molar-refractivity contribution in [3.8, 4) is 5.75 Å². The fraction of sp³-hybridized carbons (Fsp3) is 0.381. The Morgan fingerprint density at radius 3 is 2.59 bits per heavy atom. The molecule has 1 amide bonds. The number of fused-ring (bicyclic) bond motifs is 1. The molecule has 4 nitrogen and oxygen atoms in total. The lowest BCUT2D eigenvalue weighted by atomic mass is 10.0. The van der Waals surface area contributed by atoms with Gasteiger partial charge in [0.1, 0.15) is 11.9 Å². The molecule has 0 aliphatic carbocycles. The topological polar surface area (TPSA) is 41.6 Å². The summed E-state index contributed by atoms with van der Waals surface area (Å²) in [5.74, 6) is -1.19. The van der Waals surface area contributed by atoms with Crippen LogP contribution in [0.4, 0.5) is 14.5 Å². The van der Waals surface area contributed by atoms with Crippen molar-refractivity contribution in [2.24, 2.45) is 0 Å². The van der Waals surface area contributed by atoms with Crippen LogP contribution in [0.15, 0.2) is 42.5 Å². The van der Waals surface area contributed by atoms with Gasteiger partial charge in [0.15, 0.2) is 11.6 Å². The number of para-hydroxylation sites is 1. The van der Waals surface area contributed by atoms with Gasteiger partial charge in [0.25, 0.3) is 0 Å². The van der Waals surface area contributed by atoms with Gasteiger partial charge in [0.05, 0.1) is 6.04 Å². The minimum atomic E-state index is -0.682. The highest BCUT2D eigenvalue weighted by molar-refractivity contribution is 5.96. The zero-order valence-electron chi connectivity index (χ0n) is 15.0. The van der Waals surface area contributed by atoms with Crippen molar-refractivity contribution in [3.05, 3.63) is 59.7 Å². The number of aryl methyl sites for hydroxylation is 1. The smallest absolute Gasteiger partial charge is 0.241 e. The Kier molecular flexibility index (Phi) is 5.07. The van der Waals surface area contributed by atoms with Crippen molar-refractivity contribution in [1.82, 2.24) is 4.90 Å². The molecule has 1 atom stereocenters. The van der Waals surface area contributed by atoms with E-state index in [2.05, 4.69) is 16.3 Å². The first-order valence-electron chi connectivity index (χ1n) is 9.34. The quantitative estimate of drug-likeness (QED) is 0.892. The Bertz CT molecular complexity index is 835. The minimum Gasteiger partial charge on any atom is -0.487 e. The summed E-state index contributed by atoms with van der Waals surface area (Å²) in [4.78, 5) is 14.8. The first kappa shape index (κ1) is 17.9. The summed E-state index contributed by atoms with van der Waals surface area (Å²) in [6.07, 6.45) is 2.91. The van der Waals surface area contributed by atoms with E-state index in [1.165, 1.54) is 17.7 Å². The Labute approximate surface area is 157 Å². The second-order valence-electron chi connectivity index (χ2n) is 7.13. The van der Waals surface area contributed by atoms with Gasteiger partial charge in [-0.3, -0.25) is 9.69 Å². The van der Waals surface area contributed by atoms with Gasteiger partial charge in [-0.1, -0.05) is 18.2 Å². The largest absolute Gasteiger partial charge is 0.487 e. The van der Waals surface area contributed by atoms with Crippen LogP contribution in [-0.4, -0.2) is 36.0 Å². The third-order valence-electron chi connectivity index (χ3n) is 5.37. The minimum absolute atomic E-state index is 0.0314. The highest BCUT2D eigenvalue weighted by Crippen LogP contribution is 2.27. The second kappa shape index (κ2) is 7.64. The first-order chi connectivity index (χ1) is 13.1. The van der Waals surface area contributed by atoms with Crippen LogP contribution in [-0.2, 0) is 11.2 Å². The van der Waals surface area contributed by atoms with E-state index in [1.54, 1.807) is 0 Å². The molecular weight excluding hydrogens is 350 g/mol. The van der Waals surface area contributed by atoms with Gasteiger partial charge in [-0.05, 0) is 49.4 Å². The number of carbonyl (C=O) groups excluding carboxylic acids is 1. The number of ether oxygens (including phenoxy) is 1. The van der Waals surface area contributed by atoms with Gasteiger partial charge >= 0.3 is 0 Å².